The summed E-state index contributed by atoms with van der Waals surface area (Å²) < 4.78 is 6.50. The van der Waals surface area contributed by atoms with Gasteiger partial charge >= 0.3 is 0 Å². The maximum atomic E-state index is 12.0. The molecule has 0 atom stereocenters. The van der Waals surface area contributed by atoms with Crippen LogP contribution in [-0.2, 0) is 4.74 Å². The summed E-state index contributed by atoms with van der Waals surface area (Å²) in [6, 6.07) is 4.00. The highest BCUT2D eigenvalue weighted by atomic mass is 32.2. The number of morpholine rings is 1. The Balaban J connectivity index is 1.89. The van der Waals surface area contributed by atoms with Crippen LogP contribution >= 0.6 is 23.1 Å². The van der Waals surface area contributed by atoms with Gasteiger partial charge < -0.3 is 4.74 Å². The van der Waals surface area contributed by atoms with Crippen molar-refractivity contribution < 1.29 is 9.53 Å². The zero-order chi connectivity index (χ0) is 12.1. The number of rotatable bonds is 5. The van der Waals surface area contributed by atoms with Crippen LogP contribution in [-0.4, -0.2) is 49.3 Å². The van der Waals surface area contributed by atoms with Crippen LogP contribution < -0.4 is 0 Å². The average molecular weight is 271 g/mol. The first-order chi connectivity index (χ1) is 8.29. The summed E-state index contributed by atoms with van der Waals surface area (Å²) in [6.07, 6.45) is 0. The van der Waals surface area contributed by atoms with Gasteiger partial charge in [0, 0.05) is 13.1 Å². The molecule has 1 fully saturated rings. The van der Waals surface area contributed by atoms with E-state index in [1.807, 2.05) is 12.1 Å². The lowest BCUT2D eigenvalue weighted by atomic mass is 10.3. The first kappa shape index (κ1) is 13.1. The van der Waals surface area contributed by atoms with E-state index in [0.717, 1.165) is 36.9 Å². The van der Waals surface area contributed by atoms with Crippen molar-refractivity contribution in [1.29, 1.82) is 0 Å². The summed E-state index contributed by atoms with van der Waals surface area (Å²) in [4.78, 5) is 15.1. The van der Waals surface area contributed by atoms with Gasteiger partial charge in [-0.15, -0.1) is 23.1 Å². The predicted molar refractivity (Wildman–Crippen MR) is 72.3 cm³/mol. The monoisotopic (exact) mass is 271 g/mol. The predicted octanol–water partition coefficient (Wildman–Crippen LogP) is 2.38. The van der Waals surface area contributed by atoms with E-state index in [-0.39, 0.29) is 5.78 Å². The number of carbonyl (C=O) groups is 1. The van der Waals surface area contributed by atoms with Crippen LogP contribution in [0.3, 0.4) is 0 Å². The highest BCUT2D eigenvalue weighted by Gasteiger charge is 2.16. The molecule has 0 saturated carbocycles. The zero-order valence-corrected chi connectivity index (χ0v) is 11.6. The topological polar surface area (TPSA) is 29.5 Å². The van der Waals surface area contributed by atoms with Crippen molar-refractivity contribution in [2.24, 2.45) is 0 Å². The smallest absolute Gasteiger partial charge is 0.186 e. The maximum absolute atomic E-state index is 12.0. The molecule has 1 saturated heterocycles. The molecular formula is C12H17NO2S2. The zero-order valence-electron chi connectivity index (χ0n) is 9.98. The van der Waals surface area contributed by atoms with Gasteiger partial charge in [0.05, 0.1) is 28.8 Å². The van der Waals surface area contributed by atoms with E-state index in [1.54, 1.807) is 23.1 Å². The second-order valence-corrected chi connectivity index (χ2v) is 6.51. The third-order valence-corrected chi connectivity index (χ3v) is 4.85. The molecule has 0 unspecified atom stereocenters. The quantitative estimate of drug-likeness (QED) is 0.607. The van der Waals surface area contributed by atoms with Gasteiger partial charge in [0.1, 0.15) is 0 Å². The fourth-order valence-electron chi connectivity index (χ4n) is 1.73. The summed E-state index contributed by atoms with van der Waals surface area (Å²) in [5.41, 5.74) is 0. The molecule has 0 N–H and O–H groups in total. The van der Waals surface area contributed by atoms with Gasteiger partial charge in [-0.25, -0.2) is 0 Å². The fraction of sp³-hybridized carbons (Fsp3) is 0.583. The van der Waals surface area contributed by atoms with Gasteiger partial charge in [0.15, 0.2) is 5.78 Å². The fourth-order valence-corrected chi connectivity index (χ4v) is 3.70. The number of thiophene rings is 1. The Kier molecular flexibility index (Phi) is 5.03. The molecule has 3 nitrogen and oxygen atoms in total. The third-order valence-electron chi connectivity index (χ3n) is 2.61. The highest BCUT2D eigenvalue weighted by Crippen LogP contribution is 2.27. The number of ether oxygens (including phenoxy) is 1. The van der Waals surface area contributed by atoms with Crippen molar-refractivity contribution in [2.45, 2.75) is 11.1 Å². The Morgan fingerprint density at radius 2 is 2.24 bits per heavy atom. The Hall–Kier alpha value is -0.360. The second kappa shape index (κ2) is 6.54. The van der Waals surface area contributed by atoms with E-state index >= 15 is 0 Å². The first-order valence-corrected chi connectivity index (χ1v) is 7.65. The van der Waals surface area contributed by atoms with Crippen LogP contribution in [0.25, 0.3) is 0 Å². The number of nitrogens with zero attached hydrogens (tertiary/aromatic N) is 1. The average Bonchev–Trinajstić information content (AvgIpc) is 2.79. The molecule has 1 aliphatic rings. The van der Waals surface area contributed by atoms with E-state index in [4.69, 9.17) is 4.74 Å². The molecule has 0 aromatic carbocycles. The molecule has 1 aromatic rings. The molecule has 0 radical (unpaired) electrons. The molecule has 2 heterocycles. The molecule has 1 aromatic heterocycles. The molecule has 0 aliphatic carbocycles. The van der Waals surface area contributed by atoms with Gasteiger partial charge in [0.25, 0.3) is 0 Å². The van der Waals surface area contributed by atoms with E-state index < -0.39 is 0 Å². The summed E-state index contributed by atoms with van der Waals surface area (Å²) in [7, 11) is 0. The lowest BCUT2D eigenvalue weighted by molar-refractivity contribution is 0.0372. The van der Waals surface area contributed by atoms with Crippen molar-refractivity contribution >= 4 is 28.9 Å². The van der Waals surface area contributed by atoms with Crippen LogP contribution in [0.5, 0.6) is 0 Å². The Morgan fingerprint density at radius 1 is 1.47 bits per heavy atom. The van der Waals surface area contributed by atoms with Gasteiger partial charge in [-0.3, -0.25) is 9.69 Å². The standard InChI is InChI=1S/C12H17NO2S2/c1-2-16-12-4-3-11(17-12)10(14)9-13-5-7-15-8-6-13/h3-4H,2,5-9H2,1H3. The van der Waals surface area contributed by atoms with Crippen molar-refractivity contribution in [3.05, 3.63) is 17.0 Å². The summed E-state index contributed by atoms with van der Waals surface area (Å²) >= 11 is 3.40. The SMILES string of the molecule is CCSc1ccc(C(=O)CN2CCOCC2)s1. The normalized spacial score (nSPS) is 17.2. The molecule has 17 heavy (non-hydrogen) atoms. The summed E-state index contributed by atoms with van der Waals surface area (Å²) in [5, 5.41) is 0. The Morgan fingerprint density at radius 3 is 2.94 bits per heavy atom. The number of hydrogen-bond acceptors (Lipinski definition) is 5. The molecule has 5 heteroatoms. The highest BCUT2D eigenvalue weighted by molar-refractivity contribution is 8.01. The first-order valence-electron chi connectivity index (χ1n) is 5.85. The van der Waals surface area contributed by atoms with E-state index in [2.05, 4.69) is 11.8 Å². The summed E-state index contributed by atoms with van der Waals surface area (Å²) in [6.45, 7) is 5.88. The van der Waals surface area contributed by atoms with Crippen LogP contribution in [0.1, 0.15) is 16.6 Å². The van der Waals surface area contributed by atoms with Gasteiger partial charge in [0.2, 0.25) is 0 Å². The summed E-state index contributed by atoms with van der Waals surface area (Å²) in [5.74, 6) is 1.29. The van der Waals surface area contributed by atoms with Crippen molar-refractivity contribution in [3.63, 3.8) is 0 Å². The molecular weight excluding hydrogens is 254 g/mol. The van der Waals surface area contributed by atoms with E-state index in [9.17, 15) is 4.79 Å². The van der Waals surface area contributed by atoms with E-state index in [0.29, 0.717) is 6.54 Å². The van der Waals surface area contributed by atoms with Crippen LogP contribution in [0, 0.1) is 0 Å². The van der Waals surface area contributed by atoms with Crippen molar-refractivity contribution in [3.8, 4) is 0 Å². The van der Waals surface area contributed by atoms with Gasteiger partial charge in [-0.1, -0.05) is 6.92 Å². The number of carbonyl (C=O) groups excluding carboxylic acids is 1. The van der Waals surface area contributed by atoms with Crippen LogP contribution in [0.15, 0.2) is 16.3 Å². The molecule has 2 rings (SSSR count). The number of ketones is 1. The minimum absolute atomic E-state index is 0.236. The number of thioether (sulfide) groups is 1. The molecule has 0 spiro atoms. The van der Waals surface area contributed by atoms with Crippen LogP contribution in [0.2, 0.25) is 0 Å². The van der Waals surface area contributed by atoms with Gasteiger partial charge in [-0.05, 0) is 17.9 Å². The second-order valence-electron chi connectivity index (χ2n) is 3.86. The van der Waals surface area contributed by atoms with Crippen molar-refractivity contribution in [2.75, 3.05) is 38.6 Å². The lowest BCUT2D eigenvalue weighted by Gasteiger charge is -2.25. The molecule has 1 aliphatic heterocycles. The largest absolute Gasteiger partial charge is 0.379 e. The minimum Gasteiger partial charge on any atom is -0.379 e. The molecule has 0 amide bonds. The maximum Gasteiger partial charge on any atom is 0.186 e. The Labute approximate surface area is 110 Å². The number of hydrogen-bond donors (Lipinski definition) is 0. The lowest BCUT2D eigenvalue weighted by Crippen LogP contribution is -2.39. The van der Waals surface area contributed by atoms with Crippen molar-refractivity contribution in [1.82, 2.24) is 4.90 Å². The Bertz CT molecular complexity index is 372. The third kappa shape index (κ3) is 3.81. The van der Waals surface area contributed by atoms with Gasteiger partial charge in [-0.2, -0.15) is 0 Å². The minimum atomic E-state index is 0.236. The van der Waals surface area contributed by atoms with E-state index in [1.165, 1.54) is 4.21 Å². The molecule has 94 valence electrons. The van der Waals surface area contributed by atoms with Crippen LogP contribution in [0.4, 0.5) is 0 Å². The number of Topliss-reactive ketones (excluding diaryl/α,β-unsaturated/α-hetero) is 1. The molecule has 0 bridgehead atoms.